The van der Waals surface area contributed by atoms with E-state index in [2.05, 4.69) is 15.5 Å². The molecule has 1 aliphatic rings. The molecule has 1 aromatic carbocycles. The number of ether oxygens (including phenoxy) is 2. The predicted molar refractivity (Wildman–Crippen MR) is 89.9 cm³/mol. The van der Waals surface area contributed by atoms with Crippen LogP contribution in [-0.4, -0.2) is 57.8 Å². The average molecular weight is 321 g/mol. The third-order valence-electron chi connectivity index (χ3n) is 3.87. The highest BCUT2D eigenvalue weighted by Gasteiger charge is 2.21. The zero-order valence-electron chi connectivity index (χ0n) is 14.2. The van der Waals surface area contributed by atoms with Gasteiger partial charge in [0.15, 0.2) is 11.5 Å². The lowest BCUT2D eigenvalue weighted by atomic mass is 10.1. The van der Waals surface area contributed by atoms with E-state index in [1.807, 2.05) is 32.3 Å². The quantitative estimate of drug-likeness (QED) is 0.748. The molecule has 1 saturated heterocycles. The maximum atomic E-state index is 12.0. The fraction of sp³-hybridized carbons (Fsp3) is 0.588. The van der Waals surface area contributed by atoms with Crippen molar-refractivity contribution in [3.05, 3.63) is 23.8 Å². The number of methoxy groups -OCH3 is 1. The second-order valence-corrected chi connectivity index (χ2v) is 6.00. The van der Waals surface area contributed by atoms with Crippen LogP contribution in [0.3, 0.4) is 0 Å². The minimum absolute atomic E-state index is 0.0504. The summed E-state index contributed by atoms with van der Waals surface area (Å²) in [5.74, 6) is 1.48. The molecule has 0 spiro atoms. The molecular weight excluding hydrogens is 294 g/mol. The van der Waals surface area contributed by atoms with E-state index in [0.29, 0.717) is 18.9 Å². The Bertz CT molecular complexity index is 514. The summed E-state index contributed by atoms with van der Waals surface area (Å²) in [4.78, 5) is 14.1. The van der Waals surface area contributed by atoms with Gasteiger partial charge in [-0.2, -0.15) is 0 Å². The highest BCUT2D eigenvalue weighted by molar-refractivity contribution is 5.82. The van der Waals surface area contributed by atoms with Gasteiger partial charge in [0, 0.05) is 13.1 Å². The molecule has 2 rings (SSSR count). The largest absolute Gasteiger partial charge is 0.493 e. The topological polar surface area (TPSA) is 62.8 Å². The number of hydrogen-bond donors (Lipinski definition) is 2. The number of hydrogen-bond acceptors (Lipinski definition) is 5. The number of carbonyl (C=O) groups is 1. The Kier molecular flexibility index (Phi) is 6.67. The van der Waals surface area contributed by atoms with Crippen LogP contribution in [0.4, 0.5) is 0 Å². The van der Waals surface area contributed by atoms with Crippen LogP contribution in [0.15, 0.2) is 18.2 Å². The van der Waals surface area contributed by atoms with Crippen LogP contribution >= 0.6 is 0 Å². The third kappa shape index (κ3) is 5.41. The van der Waals surface area contributed by atoms with Crippen molar-refractivity contribution in [2.45, 2.75) is 25.4 Å². The Morgan fingerprint density at radius 3 is 2.87 bits per heavy atom. The van der Waals surface area contributed by atoms with E-state index in [1.54, 1.807) is 7.11 Å². The zero-order valence-corrected chi connectivity index (χ0v) is 14.2. The summed E-state index contributed by atoms with van der Waals surface area (Å²) in [6.45, 7) is 2.86. The molecule has 23 heavy (non-hydrogen) atoms. The van der Waals surface area contributed by atoms with Crippen molar-refractivity contribution in [2.75, 3.05) is 40.9 Å². The summed E-state index contributed by atoms with van der Waals surface area (Å²) in [6.07, 6.45) is 1.97. The van der Waals surface area contributed by atoms with E-state index in [0.717, 1.165) is 37.2 Å². The van der Waals surface area contributed by atoms with Crippen molar-refractivity contribution in [2.24, 2.45) is 0 Å². The molecule has 128 valence electrons. The van der Waals surface area contributed by atoms with Gasteiger partial charge in [0.1, 0.15) is 6.61 Å². The van der Waals surface area contributed by atoms with Gasteiger partial charge in [0.2, 0.25) is 5.91 Å². The molecule has 6 heteroatoms. The number of amides is 1. The summed E-state index contributed by atoms with van der Waals surface area (Å²) in [5, 5.41) is 6.16. The zero-order chi connectivity index (χ0) is 16.7. The lowest BCUT2D eigenvalue weighted by Gasteiger charge is -2.15. The first-order valence-corrected chi connectivity index (χ1v) is 8.05. The van der Waals surface area contributed by atoms with Crippen LogP contribution in [-0.2, 0) is 11.3 Å². The van der Waals surface area contributed by atoms with Crippen molar-refractivity contribution in [3.8, 4) is 11.5 Å². The molecule has 1 aliphatic heterocycles. The van der Waals surface area contributed by atoms with Crippen molar-refractivity contribution < 1.29 is 14.3 Å². The minimum atomic E-state index is -0.0504. The molecule has 0 saturated carbocycles. The van der Waals surface area contributed by atoms with Gasteiger partial charge in [-0.25, -0.2) is 0 Å². The maximum Gasteiger partial charge on any atom is 0.237 e. The average Bonchev–Trinajstić information content (AvgIpc) is 3.07. The van der Waals surface area contributed by atoms with Crippen LogP contribution in [0.1, 0.15) is 18.4 Å². The van der Waals surface area contributed by atoms with Gasteiger partial charge in [0.05, 0.1) is 13.2 Å². The van der Waals surface area contributed by atoms with Gasteiger partial charge in [0.25, 0.3) is 0 Å². The van der Waals surface area contributed by atoms with Crippen molar-refractivity contribution >= 4 is 5.91 Å². The Labute approximate surface area is 138 Å². The van der Waals surface area contributed by atoms with Gasteiger partial charge < -0.3 is 25.0 Å². The Morgan fingerprint density at radius 1 is 1.39 bits per heavy atom. The number of benzene rings is 1. The number of nitrogens with one attached hydrogen (secondary N) is 2. The Hall–Kier alpha value is -1.79. The molecule has 0 bridgehead atoms. The highest BCUT2D eigenvalue weighted by Crippen LogP contribution is 2.28. The predicted octanol–water partition coefficient (Wildman–Crippen LogP) is 1.00. The molecule has 0 aliphatic carbocycles. The lowest BCUT2D eigenvalue weighted by molar-refractivity contribution is -0.122. The second kappa shape index (κ2) is 8.74. The smallest absolute Gasteiger partial charge is 0.237 e. The number of likely N-dealkylation sites (N-methyl/N-ethyl adjacent to an activating group) is 1. The van der Waals surface area contributed by atoms with Gasteiger partial charge in [-0.05, 0) is 51.2 Å². The van der Waals surface area contributed by atoms with Crippen LogP contribution in [0.2, 0.25) is 0 Å². The molecule has 0 aromatic heterocycles. The minimum Gasteiger partial charge on any atom is -0.493 e. The molecule has 1 atom stereocenters. The van der Waals surface area contributed by atoms with E-state index in [9.17, 15) is 4.79 Å². The van der Waals surface area contributed by atoms with Crippen LogP contribution in [0.25, 0.3) is 0 Å². The standard InChI is InChI=1S/C17H27N3O3/c1-20(2)9-10-23-15-7-6-13(11-16(15)22-3)12-19-17(21)14-5-4-8-18-14/h6-7,11,14,18H,4-5,8-10,12H2,1-3H3,(H,19,21)/t14-/m0/s1. The van der Waals surface area contributed by atoms with Crippen molar-refractivity contribution in [3.63, 3.8) is 0 Å². The van der Waals surface area contributed by atoms with Crippen LogP contribution in [0, 0.1) is 0 Å². The molecule has 1 amide bonds. The first-order valence-electron chi connectivity index (χ1n) is 8.05. The molecule has 0 unspecified atom stereocenters. The fourth-order valence-corrected chi connectivity index (χ4v) is 2.50. The molecule has 1 heterocycles. The first kappa shape index (κ1) is 17.6. The van der Waals surface area contributed by atoms with Gasteiger partial charge >= 0.3 is 0 Å². The van der Waals surface area contributed by atoms with Crippen LogP contribution < -0.4 is 20.1 Å². The monoisotopic (exact) mass is 321 g/mol. The molecule has 1 aromatic rings. The van der Waals surface area contributed by atoms with Crippen molar-refractivity contribution in [1.29, 1.82) is 0 Å². The molecule has 0 radical (unpaired) electrons. The van der Waals surface area contributed by atoms with Gasteiger partial charge in [-0.3, -0.25) is 4.79 Å². The Balaban J connectivity index is 1.88. The summed E-state index contributed by atoms with van der Waals surface area (Å²) < 4.78 is 11.1. The molecule has 1 fully saturated rings. The van der Waals surface area contributed by atoms with E-state index >= 15 is 0 Å². The summed E-state index contributed by atoms with van der Waals surface area (Å²) in [7, 11) is 5.64. The van der Waals surface area contributed by atoms with Gasteiger partial charge in [-0.1, -0.05) is 6.07 Å². The maximum absolute atomic E-state index is 12.0. The summed E-state index contributed by atoms with van der Waals surface area (Å²) in [5.41, 5.74) is 0.994. The normalized spacial score (nSPS) is 17.3. The summed E-state index contributed by atoms with van der Waals surface area (Å²) in [6, 6.07) is 5.71. The Morgan fingerprint density at radius 2 is 2.22 bits per heavy atom. The molecule has 6 nitrogen and oxygen atoms in total. The van der Waals surface area contributed by atoms with E-state index in [-0.39, 0.29) is 11.9 Å². The van der Waals surface area contributed by atoms with Crippen LogP contribution in [0.5, 0.6) is 11.5 Å². The second-order valence-electron chi connectivity index (χ2n) is 6.00. The fourth-order valence-electron chi connectivity index (χ4n) is 2.50. The summed E-state index contributed by atoms with van der Waals surface area (Å²) >= 11 is 0. The number of carbonyl (C=O) groups excluding carboxylic acids is 1. The number of rotatable bonds is 8. The first-order chi connectivity index (χ1) is 11.1. The van der Waals surface area contributed by atoms with E-state index < -0.39 is 0 Å². The van der Waals surface area contributed by atoms with Crippen molar-refractivity contribution in [1.82, 2.24) is 15.5 Å². The molecule has 2 N–H and O–H groups in total. The highest BCUT2D eigenvalue weighted by atomic mass is 16.5. The van der Waals surface area contributed by atoms with E-state index in [4.69, 9.17) is 9.47 Å². The third-order valence-corrected chi connectivity index (χ3v) is 3.87. The van der Waals surface area contributed by atoms with E-state index in [1.165, 1.54) is 0 Å². The molecular formula is C17H27N3O3. The van der Waals surface area contributed by atoms with Gasteiger partial charge in [-0.15, -0.1) is 0 Å². The lowest BCUT2D eigenvalue weighted by Crippen LogP contribution is -2.39. The SMILES string of the molecule is COc1cc(CNC(=O)[C@@H]2CCCN2)ccc1OCCN(C)C. The number of nitrogens with zero attached hydrogens (tertiary/aromatic N) is 1.